The Labute approximate surface area is 179 Å². The van der Waals surface area contributed by atoms with Crippen molar-refractivity contribution < 1.29 is 4.39 Å². The van der Waals surface area contributed by atoms with E-state index in [-0.39, 0.29) is 17.2 Å². The number of piperidine rings is 3. The number of aromatic nitrogens is 4. The zero-order valence-corrected chi connectivity index (χ0v) is 17.1. The van der Waals surface area contributed by atoms with Crippen molar-refractivity contribution in [2.75, 3.05) is 25.4 Å². The van der Waals surface area contributed by atoms with Gasteiger partial charge in [0.1, 0.15) is 11.5 Å². The van der Waals surface area contributed by atoms with Gasteiger partial charge in [0.2, 0.25) is 5.95 Å². The number of hydrogen-bond acceptors (Lipinski definition) is 5. The Balaban J connectivity index is 1.55. The van der Waals surface area contributed by atoms with Crippen molar-refractivity contribution in [3.05, 3.63) is 66.2 Å². The van der Waals surface area contributed by atoms with Crippen molar-refractivity contribution >= 4 is 11.6 Å². The molecule has 3 aliphatic heterocycles. The first-order valence-electron chi connectivity index (χ1n) is 10.7. The summed E-state index contributed by atoms with van der Waals surface area (Å²) in [5, 5.41) is 0. The molecule has 6 nitrogen and oxygen atoms in total. The van der Waals surface area contributed by atoms with Crippen LogP contribution in [0.15, 0.2) is 54.9 Å². The number of hydrogen-bond donors (Lipinski definition) is 1. The molecule has 1 aromatic carbocycles. The number of imidazole rings is 1. The van der Waals surface area contributed by atoms with Crippen molar-refractivity contribution in [3.63, 3.8) is 0 Å². The molecule has 3 fully saturated rings. The summed E-state index contributed by atoms with van der Waals surface area (Å²) >= 11 is 0. The summed E-state index contributed by atoms with van der Waals surface area (Å²) in [6.45, 7) is 3.52. The second kappa shape index (κ2) is 6.85. The Morgan fingerprint density at radius 3 is 2.39 bits per heavy atom. The van der Waals surface area contributed by atoms with E-state index in [4.69, 9.17) is 10.7 Å². The molecule has 0 spiro atoms. The van der Waals surface area contributed by atoms with Crippen LogP contribution in [0.3, 0.4) is 0 Å². The van der Waals surface area contributed by atoms with Crippen LogP contribution >= 0.6 is 0 Å². The minimum Gasteiger partial charge on any atom is -0.368 e. The number of halogens is 1. The summed E-state index contributed by atoms with van der Waals surface area (Å²) in [7, 11) is 0. The zero-order chi connectivity index (χ0) is 21.0. The lowest BCUT2D eigenvalue weighted by molar-refractivity contribution is 0.0818. The number of benzene rings is 1. The summed E-state index contributed by atoms with van der Waals surface area (Å²) in [4.78, 5) is 16.0. The van der Waals surface area contributed by atoms with Crippen LogP contribution in [0.1, 0.15) is 24.8 Å². The van der Waals surface area contributed by atoms with Crippen LogP contribution in [0.5, 0.6) is 0 Å². The minimum absolute atomic E-state index is 0.210. The predicted molar refractivity (Wildman–Crippen MR) is 118 cm³/mol. The molecule has 2 bridgehead atoms. The van der Waals surface area contributed by atoms with E-state index in [0.29, 0.717) is 5.69 Å². The second-order valence-corrected chi connectivity index (χ2v) is 8.63. The van der Waals surface area contributed by atoms with Gasteiger partial charge < -0.3 is 10.6 Å². The Morgan fingerprint density at radius 2 is 1.68 bits per heavy atom. The smallest absolute Gasteiger partial charge is 0.220 e. The van der Waals surface area contributed by atoms with E-state index in [1.807, 2.05) is 6.07 Å². The number of rotatable bonds is 3. The topological polar surface area (TPSA) is 72.3 Å². The van der Waals surface area contributed by atoms with Crippen LogP contribution in [0.2, 0.25) is 0 Å². The maximum absolute atomic E-state index is 13.6. The summed E-state index contributed by atoms with van der Waals surface area (Å²) < 4.78 is 15.6. The second-order valence-electron chi connectivity index (χ2n) is 8.63. The molecule has 0 atom stereocenters. The Morgan fingerprint density at radius 1 is 0.935 bits per heavy atom. The molecule has 3 saturated heterocycles. The van der Waals surface area contributed by atoms with Gasteiger partial charge in [0.25, 0.3) is 0 Å². The summed E-state index contributed by atoms with van der Waals surface area (Å²) in [5.41, 5.74) is 11.5. The van der Waals surface area contributed by atoms with E-state index in [9.17, 15) is 4.39 Å². The van der Waals surface area contributed by atoms with Crippen molar-refractivity contribution in [1.29, 1.82) is 0 Å². The van der Waals surface area contributed by atoms with E-state index in [2.05, 4.69) is 37.6 Å². The third-order valence-corrected chi connectivity index (χ3v) is 6.99. The van der Waals surface area contributed by atoms with E-state index >= 15 is 0 Å². The van der Waals surface area contributed by atoms with Crippen molar-refractivity contribution in [2.24, 2.45) is 0 Å². The molecule has 156 valence electrons. The largest absolute Gasteiger partial charge is 0.368 e. The fourth-order valence-corrected chi connectivity index (χ4v) is 5.19. The first-order chi connectivity index (χ1) is 15.1. The van der Waals surface area contributed by atoms with Gasteiger partial charge in [-0.2, -0.15) is 0 Å². The minimum atomic E-state index is -0.273. The molecule has 3 aromatic heterocycles. The predicted octanol–water partition coefficient (Wildman–Crippen LogP) is 3.92. The average molecular weight is 414 g/mol. The maximum atomic E-state index is 13.6. The summed E-state index contributed by atoms with van der Waals surface area (Å²) in [6, 6.07) is 12.7. The number of nitrogen functional groups attached to an aromatic ring is 1. The maximum Gasteiger partial charge on any atom is 0.220 e. The van der Waals surface area contributed by atoms with Crippen molar-refractivity contribution in [3.8, 4) is 22.6 Å². The highest BCUT2D eigenvalue weighted by Gasteiger charge is 2.40. The normalized spacial score (nSPS) is 22.8. The van der Waals surface area contributed by atoms with E-state index < -0.39 is 0 Å². The van der Waals surface area contributed by atoms with Gasteiger partial charge in [-0.3, -0.25) is 4.40 Å². The molecule has 0 aliphatic carbocycles. The van der Waals surface area contributed by atoms with Gasteiger partial charge in [-0.25, -0.2) is 19.3 Å². The van der Waals surface area contributed by atoms with Crippen LogP contribution < -0.4 is 5.73 Å². The molecule has 31 heavy (non-hydrogen) atoms. The lowest BCUT2D eigenvalue weighted by atomic mass is 9.68. The summed E-state index contributed by atoms with van der Waals surface area (Å²) in [5.74, 6) is -0.0626. The molecule has 7 heteroatoms. The Hall–Kier alpha value is -3.32. The van der Waals surface area contributed by atoms with Gasteiger partial charge in [0.15, 0.2) is 0 Å². The third kappa shape index (κ3) is 2.99. The van der Waals surface area contributed by atoms with Gasteiger partial charge in [-0.15, -0.1) is 0 Å². The summed E-state index contributed by atoms with van der Waals surface area (Å²) in [6.07, 6.45) is 7.33. The van der Waals surface area contributed by atoms with Crippen LogP contribution in [0.25, 0.3) is 28.3 Å². The Bertz CT molecular complexity index is 1260. The van der Waals surface area contributed by atoms with Gasteiger partial charge in [-0.1, -0.05) is 0 Å². The van der Waals surface area contributed by atoms with Gasteiger partial charge >= 0.3 is 0 Å². The standard InChI is InChI=1S/C24H23FN6/c25-18-3-1-16(2-4-18)21-22(19-5-10-27-23(26)28-19)31-11-6-17(15-20(31)29-21)24-7-12-30(13-8-24)14-9-24/h1-6,10-11,15H,7-9,12-14H2,(H2,26,27,28). The molecule has 7 rings (SSSR count). The number of anilines is 1. The van der Waals surface area contributed by atoms with Crippen molar-refractivity contribution in [2.45, 2.75) is 24.7 Å². The van der Waals surface area contributed by atoms with Gasteiger partial charge in [0, 0.05) is 18.0 Å². The quantitative estimate of drug-likeness (QED) is 0.550. The molecule has 0 radical (unpaired) electrons. The van der Waals surface area contributed by atoms with Crippen LogP contribution in [-0.4, -0.2) is 43.9 Å². The molecular formula is C24H23FN6. The highest BCUT2D eigenvalue weighted by molar-refractivity contribution is 5.80. The first-order valence-corrected chi connectivity index (χ1v) is 10.7. The number of pyridine rings is 1. The lowest BCUT2D eigenvalue weighted by Crippen LogP contribution is -2.50. The van der Waals surface area contributed by atoms with E-state index in [1.54, 1.807) is 18.3 Å². The number of nitrogens with zero attached hydrogens (tertiary/aromatic N) is 5. The van der Waals surface area contributed by atoms with Crippen LogP contribution in [0, 0.1) is 5.82 Å². The molecule has 4 aromatic rings. The Kier molecular flexibility index (Phi) is 4.08. The van der Waals surface area contributed by atoms with E-state index in [1.165, 1.54) is 56.6 Å². The first kappa shape index (κ1) is 18.4. The van der Waals surface area contributed by atoms with E-state index in [0.717, 1.165) is 22.6 Å². The SMILES string of the molecule is Nc1nccc(-c2c(-c3ccc(F)cc3)nc3cc(C45CCN(CC4)CC5)ccn23)n1. The number of nitrogens with two attached hydrogens (primary N) is 1. The lowest BCUT2D eigenvalue weighted by Gasteiger charge is -2.48. The number of fused-ring (bicyclic) bond motifs is 4. The fraction of sp³-hybridized carbons (Fsp3) is 0.292. The van der Waals surface area contributed by atoms with Gasteiger partial charge in [-0.05, 0) is 92.3 Å². The molecule has 0 amide bonds. The zero-order valence-electron chi connectivity index (χ0n) is 17.1. The highest BCUT2D eigenvalue weighted by atomic mass is 19.1. The third-order valence-electron chi connectivity index (χ3n) is 6.99. The molecular weight excluding hydrogens is 391 g/mol. The monoisotopic (exact) mass is 414 g/mol. The highest BCUT2D eigenvalue weighted by Crippen LogP contribution is 2.43. The van der Waals surface area contributed by atoms with Crippen molar-refractivity contribution in [1.82, 2.24) is 24.3 Å². The molecule has 6 heterocycles. The molecule has 0 unspecified atom stereocenters. The molecule has 0 saturated carbocycles. The van der Waals surface area contributed by atoms with Crippen LogP contribution in [0.4, 0.5) is 10.3 Å². The average Bonchev–Trinajstić information content (AvgIpc) is 3.19. The van der Waals surface area contributed by atoms with Gasteiger partial charge in [0.05, 0.1) is 17.1 Å². The van der Waals surface area contributed by atoms with Crippen LogP contribution in [-0.2, 0) is 5.41 Å². The fourth-order valence-electron chi connectivity index (χ4n) is 5.19. The molecule has 3 aliphatic rings. The molecule has 2 N–H and O–H groups in total.